The molecule has 0 bridgehead atoms. The Bertz CT molecular complexity index is 697. The summed E-state index contributed by atoms with van der Waals surface area (Å²) in [4.78, 5) is 15.9. The number of amides is 1. The minimum absolute atomic E-state index is 0.0481. The first-order chi connectivity index (χ1) is 13.7. The van der Waals surface area contributed by atoms with Gasteiger partial charge in [0.1, 0.15) is 18.0 Å². The predicted molar refractivity (Wildman–Crippen MR) is 113 cm³/mol. The van der Waals surface area contributed by atoms with Gasteiger partial charge in [0.2, 0.25) is 5.91 Å². The van der Waals surface area contributed by atoms with Crippen LogP contribution in [0.2, 0.25) is 0 Å². The molecule has 1 saturated carbocycles. The molecule has 1 amide bonds. The molecule has 6 heteroatoms. The molecule has 1 atom stereocenters. The van der Waals surface area contributed by atoms with E-state index in [1.54, 1.807) is 4.90 Å². The lowest BCUT2D eigenvalue weighted by Crippen LogP contribution is -2.54. The standard InChI is InChI=1S/C23H36N2O4/c1-18-11-19(2)13-21(12-18)29-17-23(28)15-24(9-10-25(16-23)20(3)26)14-22(27)7-5-4-6-8-22/h11-13,27-28H,4-10,14-17H2,1-3H3/t23-/m0/s1. The number of rotatable bonds is 5. The summed E-state index contributed by atoms with van der Waals surface area (Å²) in [5.41, 5.74) is 0.336. The van der Waals surface area contributed by atoms with Gasteiger partial charge in [-0.3, -0.25) is 9.69 Å². The molecule has 2 fully saturated rings. The SMILES string of the molecule is CC(=O)N1CCN(CC2(O)CCCCC2)C[C@@](O)(COc2cc(C)cc(C)c2)C1. The molecule has 1 aromatic rings. The molecule has 2 aliphatic rings. The number of carbonyl (C=O) groups is 1. The van der Waals surface area contributed by atoms with Crippen LogP contribution >= 0.6 is 0 Å². The molecular formula is C23H36N2O4. The Balaban J connectivity index is 1.72. The van der Waals surface area contributed by atoms with E-state index in [-0.39, 0.29) is 19.1 Å². The third-order valence-electron chi connectivity index (χ3n) is 6.14. The van der Waals surface area contributed by atoms with E-state index in [1.807, 2.05) is 26.0 Å². The highest BCUT2D eigenvalue weighted by molar-refractivity contribution is 5.73. The summed E-state index contributed by atoms with van der Waals surface area (Å²) >= 11 is 0. The number of aryl methyl sites for hydroxylation is 2. The zero-order valence-corrected chi connectivity index (χ0v) is 18.1. The van der Waals surface area contributed by atoms with Crippen LogP contribution in [0.25, 0.3) is 0 Å². The summed E-state index contributed by atoms with van der Waals surface area (Å²) < 4.78 is 5.98. The lowest BCUT2D eigenvalue weighted by atomic mass is 9.84. The smallest absolute Gasteiger partial charge is 0.219 e. The highest BCUT2D eigenvalue weighted by Gasteiger charge is 2.40. The number of β-amino-alcohol motifs (C(OH)–C–C–N with tert-alkyl or cyclic N) is 2. The Labute approximate surface area is 174 Å². The van der Waals surface area contributed by atoms with E-state index in [0.29, 0.717) is 26.2 Å². The molecule has 0 spiro atoms. The Hall–Kier alpha value is -1.63. The van der Waals surface area contributed by atoms with Gasteiger partial charge >= 0.3 is 0 Å². The number of hydrogen-bond acceptors (Lipinski definition) is 5. The molecule has 1 saturated heterocycles. The number of ether oxygens (including phenoxy) is 1. The number of benzene rings is 1. The van der Waals surface area contributed by atoms with Crippen LogP contribution in [0.3, 0.4) is 0 Å². The Morgan fingerprint density at radius 3 is 2.28 bits per heavy atom. The number of hydrogen-bond donors (Lipinski definition) is 2. The van der Waals surface area contributed by atoms with Crippen molar-refractivity contribution in [1.29, 1.82) is 0 Å². The second kappa shape index (κ2) is 9.02. The van der Waals surface area contributed by atoms with E-state index in [9.17, 15) is 15.0 Å². The second-order valence-electron chi connectivity index (χ2n) is 9.27. The minimum Gasteiger partial charge on any atom is -0.490 e. The largest absolute Gasteiger partial charge is 0.490 e. The fourth-order valence-electron chi connectivity index (χ4n) is 4.75. The first kappa shape index (κ1) is 22.1. The van der Waals surface area contributed by atoms with Gasteiger partial charge < -0.3 is 19.8 Å². The van der Waals surface area contributed by atoms with Crippen LogP contribution in [0.1, 0.15) is 50.2 Å². The van der Waals surface area contributed by atoms with Crippen molar-refractivity contribution in [1.82, 2.24) is 9.80 Å². The number of aliphatic hydroxyl groups is 2. The number of carbonyl (C=O) groups excluding carboxylic acids is 1. The molecule has 1 aliphatic heterocycles. The quantitative estimate of drug-likeness (QED) is 0.788. The van der Waals surface area contributed by atoms with Crippen molar-refractivity contribution < 1.29 is 19.7 Å². The monoisotopic (exact) mass is 404 g/mol. The summed E-state index contributed by atoms with van der Waals surface area (Å²) in [7, 11) is 0. The molecule has 1 aromatic carbocycles. The van der Waals surface area contributed by atoms with Crippen LogP contribution in [-0.4, -0.2) is 76.5 Å². The number of nitrogens with zero attached hydrogens (tertiary/aromatic N) is 2. The summed E-state index contributed by atoms with van der Waals surface area (Å²) in [6.07, 6.45) is 4.87. The molecule has 1 aliphatic carbocycles. The van der Waals surface area contributed by atoms with Gasteiger partial charge in [-0.15, -0.1) is 0 Å². The minimum atomic E-state index is -1.19. The molecule has 162 valence electrons. The molecule has 2 N–H and O–H groups in total. The Morgan fingerprint density at radius 1 is 1.00 bits per heavy atom. The van der Waals surface area contributed by atoms with Gasteiger partial charge in [0.15, 0.2) is 0 Å². The van der Waals surface area contributed by atoms with E-state index < -0.39 is 11.2 Å². The van der Waals surface area contributed by atoms with E-state index in [0.717, 1.165) is 42.6 Å². The highest BCUT2D eigenvalue weighted by Crippen LogP contribution is 2.30. The van der Waals surface area contributed by atoms with E-state index >= 15 is 0 Å². The Kier molecular flexibility index (Phi) is 6.87. The van der Waals surface area contributed by atoms with E-state index in [2.05, 4.69) is 11.0 Å². The maximum atomic E-state index is 12.1. The summed E-state index contributed by atoms with van der Waals surface area (Å²) in [6, 6.07) is 5.99. The maximum absolute atomic E-state index is 12.1. The van der Waals surface area contributed by atoms with Gasteiger partial charge in [-0.25, -0.2) is 0 Å². The van der Waals surface area contributed by atoms with Crippen molar-refractivity contribution in [3.63, 3.8) is 0 Å². The van der Waals surface area contributed by atoms with E-state index in [4.69, 9.17) is 4.74 Å². The third-order valence-corrected chi connectivity index (χ3v) is 6.14. The first-order valence-corrected chi connectivity index (χ1v) is 10.8. The third kappa shape index (κ3) is 6.17. The van der Waals surface area contributed by atoms with Crippen molar-refractivity contribution in [2.45, 2.75) is 64.1 Å². The first-order valence-electron chi connectivity index (χ1n) is 10.8. The lowest BCUT2D eigenvalue weighted by Gasteiger charge is -2.38. The second-order valence-corrected chi connectivity index (χ2v) is 9.27. The Morgan fingerprint density at radius 2 is 1.66 bits per heavy atom. The van der Waals surface area contributed by atoms with Crippen LogP contribution in [0.4, 0.5) is 0 Å². The fourth-order valence-corrected chi connectivity index (χ4v) is 4.75. The van der Waals surface area contributed by atoms with Gasteiger partial charge in [0.25, 0.3) is 0 Å². The van der Waals surface area contributed by atoms with Gasteiger partial charge in [0.05, 0.1) is 12.1 Å². The van der Waals surface area contributed by atoms with Crippen molar-refractivity contribution in [3.05, 3.63) is 29.3 Å². The van der Waals surface area contributed by atoms with Gasteiger partial charge in [-0.2, -0.15) is 0 Å². The molecule has 0 radical (unpaired) electrons. The average molecular weight is 405 g/mol. The van der Waals surface area contributed by atoms with Crippen LogP contribution in [0, 0.1) is 13.8 Å². The van der Waals surface area contributed by atoms with Crippen molar-refractivity contribution in [2.75, 3.05) is 39.3 Å². The van der Waals surface area contributed by atoms with Gasteiger partial charge in [-0.1, -0.05) is 25.3 Å². The molecule has 3 rings (SSSR count). The zero-order chi connectivity index (χ0) is 21.1. The van der Waals surface area contributed by atoms with Crippen molar-refractivity contribution in [2.24, 2.45) is 0 Å². The lowest BCUT2D eigenvalue weighted by molar-refractivity contribution is -0.132. The fraction of sp³-hybridized carbons (Fsp3) is 0.696. The predicted octanol–water partition coefficient (Wildman–Crippen LogP) is 2.27. The molecule has 1 heterocycles. The molecule has 0 aromatic heterocycles. The van der Waals surface area contributed by atoms with Gasteiger partial charge in [-0.05, 0) is 49.9 Å². The molecule has 0 unspecified atom stereocenters. The summed E-state index contributed by atoms with van der Waals surface area (Å²) in [5.74, 6) is 0.681. The maximum Gasteiger partial charge on any atom is 0.219 e. The molecule has 6 nitrogen and oxygen atoms in total. The van der Waals surface area contributed by atoms with E-state index in [1.165, 1.54) is 13.3 Å². The van der Waals surface area contributed by atoms with Crippen LogP contribution < -0.4 is 4.74 Å². The van der Waals surface area contributed by atoms with Crippen molar-refractivity contribution >= 4 is 5.91 Å². The van der Waals surface area contributed by atoms with Crippen LogP contribution in [0.15, 0.2) is 18.2 Å². The summed E-state index contributed by atoms with van der Waals surface area (Å²) in [5, 5.41) is 22.4. The van der Waals surface area contributed by atoms with Crippen LogP contribution in [0.5, 0.6) is 5.75 Å². The zero-order valence-electron chi connectivity index (χ0n) is 18.1. The normalized spacial score (nSPS) is 25.5. The van der Waals surface area contributed by atoms with Gasteiger partial charge in [0, 0.05) is 33.1 Å². The topological polar surface area (TPSA) is 73.2 Å². The average Bonchev–Trinajstić information content (AvgIpc) is 2.79. The van der Waals surface area contributed by atoms with Crippen molar-refractivity contribution in [3.8, 4) is 5.75 Å². The molecular weight excluding hydrogens is 368 g/mol. The summed E-state index contributed by atoms with van der Waals surface area (Å²) in [6.45, 7) is 8.03. The van der Waals surface area contributed by atoms with Crippen LogP contribution in [-0.2, 0) is 4.79 Å². The molecule has 29 heavy (non-hydrogen) atoms. The highest BCUT2D eigenvalue weighted by atomic mass is 16.5.